The maximum absolute atomic E-state index is 12.8. The Hall–Kier alpha value is -2.88. The zero-order chi connectivity index (χ0) is 24.1. The van der Waals surface area contributed by atoms with Crippen molar-refractivity contribution in [2.75, 3.05) is 12.3 Å². The number of benzene rings is 2. The van der Waals surface area contributed by atoms with Crippen LogP contribution in [0.2, 0.25) is 0 Å². The van der Waals surface area contributed by atoms with Crippen LogP contribution in [-0.4, -0.2) is 48.3 Å². The van der Waals surface area contributed by atoms with Gasteiger partial charge in [-0.1, -0.05) is 67.7 Å². The van der Waals surface area contributed by atoms with E-state index in [0.29, 0.717) is 4.91 Å². The fraction of sp³-hybridized carbons (Fsp3) is 0.200. The monoisotopic (exact) mass is 509 g/mol. The molecule has 2 heterocycles. The van der Waals surface area contributed by atoms with E-state index in [1.54, 1.807) is 10.8 Å². The first-order chi connectivity index (χ1) is 16.5. The van der Waals surface area contributed by atoms with Gasteiger partial charge in [0, 0.05) is 22.2 Å². The molecule has 1 aliphatic rings. The third-order valence-corrected chi connectivity index (χ3v) is 7.59. The Morgan fingerprint density at radius 3 is 2.59 bits per heavy atom. The van der Waals surface area contributed by atoms with Crippen LogP contribution in [0.15, 0.2) is 70.6 Å². The Balaban J connectivity index is 1.70. The standard InChI is InChI=1S/C25H23N3O3S3/c1-2-3-13-33-20-11-9-17(10-12-20)23-18(15-28(26-23)19-7-5-4-6-8-19)14-21-24(31)27(16-22(29)30)25(32)34-21/h4-12,14-15H,2-3,13,16H2,1H3,(H,29,30). The molecule has 0 atom stereocenters. The number of carbonyl (C=O) groups is 2. The average molecular weight is 510 g/mol. The molecule has 174 valence electrons. The molecule has 1 amide bonds. The molecule has 4 rings (SSSR count). The fourth-order valence-corrected chi connectivity index (χ4v) is 5.63. The van der Waals surface area contributed by atoms with Crippen LogP contribution in [0.3, 0.4) is 0 Å². The summed E-state index contributed by atoms with van der Waals surface area (Å²) in [5.74, 6) is -0.424. The summed E-state index contributed by atoms with van der Waals surface area (Å²) < 4.78 is 2.02. The molecule has 2 aromatic carbocycles. The summed E-state index contributed by atoms with van der Waals surface area (Å²) in [6.07, 6.45) is 5.97. The molecule has 34 heavy (non-hydrogen) atoms. The number of hydrogen-bond acceptors (Lipinski definition) is 6. The number of hydrogen-bond donors (Lipinski definition) is 1. The van der Waals surface area contributed by atoms with Crippen LogP contribution in [0.1, 0.15) is 25.3 Å². The molecule has 0 spiro atoms. The van der Waals surface area contributed by atoms with Gasteiger partial charge in [0.25, 0.3) is 5.91 Å². The lowest BCUT2D eigenvalue weighted by atomic mass is 10.1. The number of aliphatic carboxylic acids is 1. The van der Waals surface area contributed by atoms with Gasteiger partial charge in [0.1, 0.15) is 10.9 Å². The lowest BCUT2D eigenvalue weighted by Crippen LogP contribution is -2.33. The molecule has 9 heteroatoms. The molecular formula is C25H23N3O3S3. The van der Waals surface area contributed by atoms with E-state index in [9.17, 15) is 9.59 Å². The molecule has 6 nitrogen and oxygen atoms in total. The van der Waals surface area contributed by atoms with Gasteiger partial charge in [-0.3, -0.25) is 14.5 Å². The molecule has 1 N–H and O–H groups in total. The first-order valence-corrected chi connectivity index (χ1v) is 13.0. The van der Waals surface area contributed by atoms with Crippen molar-refractivity contribution in [3.63, 3.8) is 0 Å². The number of rotatable bonds is 9. The Morgan fingerprint density at radius 1 is 1.18 bits per heavy atom. The normalized spacial score (nSPS) is 14.9. The number of carboxylic acid groups (broad SMARTS) is 1. The topological polar surface area (TPSA) is 75.4 Å². The number of unbranched alkanes of at least 4 members (excludes halogenated alkanes) is 1. The maximum atomic E-state index is 12.8. The minimum atomic E-state index is -1.10. The molecular weight excluding hydrogens is 486 g/mol. The quantitative estimate of drug-likeness (QED) is 0.171. The lowest BCUT2D eigenvalue weighted by molar-refractivity contribution is -0.140. The first kappa shape index (κ1) is 24.3. The van der Waals surface area contributed by atoms with E-state index < -0.39 is 18.4 Å². The van der Waals surface area contributed by atoms with Crippen LogP contribution in [0.25, 0.3) is 23.0 Å². The summed E-state index contributed by atoms with van der Waals surface area (Å²) in [5.41, 5.74) is 3.32. The highest BCUT2D eigenvalue weighted by molar-refractivity contribution is 8.26. The van der Waals surface area contributed by atoms with Gasteiger partial charge in [-0.25, -0.2) is 4.68 Å². The second-order valence-corrected chi connectivity index (χ2v) is 10.4. The van der Waals surface area contributed by atoms with E-state index in [4.69, 9.17) is 22.4 Å². The SMILES string of the molecule is CCCCSc1ccc(-c2nn(-c3ccccc3)cc2C=C2SC(=S)N(CC(=O)O)C2=O)cc1. The Labute approximate surface area is 212 Å². The number of amides is 1. The summed E-state index contributed by atoms with van der Waals surface area (Å²) in [4.78, 5) is 26.6. The molecule has 1 aromatic heterocycles. The average Bonchev–Trinajstić information content (AvgIpc) is 3.37. The molecule has 0 aliphatic carbocycles. The summed E-state index contributed by atoms with van der Waals surface area (Å²) >= 11 is 8.18. The number of carbonyl (C=O) groups excluding carboxylic acids is 1. The smallest absolute Gasteiger partial charge is 0.323 e. The van der Waals surface area contributed by atoms with Crippen molar-refractivity contribution in [2.24, 2.45) is 0 Å². The minimum absolute atomic E-state index is 0.240. The van der Waals surface area contributed by atoms with Gasteiger partial charge in [-0.05, 0) is 42.5 Å². The summed E-state index contributed by atoms with van der Waals surface area (Å²) in [7, 11) is 0. The molecule has 1 fully saturated rings. The Kier molecular flexibility index (Phi) is 7.87. The van der Waals surface area contributed by atoms with E-state index in [0.717, 1.165) is 44.9 Å². The molecule has 1 saturated heterocycles. The van der Waals surface area contributed by atoms with Crippen LogP contribution in [0.5, 0.6) is 0 Å². The summed E-state index contributed by atoms with van der Waals surface area (Å²) in [6.45, 7) is 1.74. The van der Waals surface area contributed by atoms with Gasteiger partial charge in [0.2, 0.25) is 0 Å². The second-order valence-electron chi connectivity index (χ2n) is 7.60. The third-order valence-electron chi connectivity index (χ3n) is 5.11. The third kappa shape index (κ3) is 5.60. The Bertz CT molecular complexity index is 1240. The van der Waals surface area contributed by atoms with Gasteiger partial charge < -0.3 is 5.11 Å². The van der Waals surface area contributed by atoms with E-state index in [1.165, 1.54) is 17.7 Å². The van der Waals surface area contributed by atoms with Crippen LogP contribution in [0.4, 0.5) is 0 Å². The van der Waals surface area contributed by atoms with Gasteiger partial charge in [0.05, 0.1) is 16.3 Å². The van der Waals surface area contributed by atoms with Crippen LogP contribution in [-0.2, 0) is 9.59 Å². The van der Waals surface area contributed by atoms with Crippen molar-refractivity contribution in [1.82, 2.24) is 14.7 Å². The highest BCUT2D eigenvalue weighted by Crippen LogP contribution is 2.35. The van der Waals surface area contributed by atoms with Gasteiger partial charge in [0.15, 0.2) is 0 Å². The predicted molar refractivity (Wildman–Crippen MR) is 142 cm³/mol. The molecule has 0 radical (unpaired) electrons. The number of aromatic nitrogens is 2. The van der Waals surface area contributed by atoms with Crippen molar-refractivity contribution >= 4 is 58.0 Å². The van der Waals surface area contributed by atoms with Crippen molar-refractivity contribution in [1.29, 1.82) is 0 Å². The van der Waals surface area contributed by atoms with Crippen molar-refractivity contribution < 1.29 is 14.7 Å². The van der Waals surface area contributed by atoms with Gasteiger partial charge in [-0.2, -0.15) is 5.10 Å². The van der Waals surface area contributed by atoms with E-state index in [1.807, 2.05) is 60.4 Å². The van der Waals surface area contributed by atoms with Crippen LogP contribution >= 0.6 is 35.7 Å². The summed E-state index contributed by atoms with van der Waals surface area (Å²) in [6, 6.07) is 18.0. The zero-order valence-corrected chi connectivity index (χ0v) is 21.0. The van der Waals surface area contributed by atoms with E-state index in [2.05, 4.69) is 19.1 Å². The highest BCUT2D eigenvalue weighted by Gasteiger charge is 2.33. The largest absolute Gasteiger partial charge is 0.480 e. The number of para-hydroxylation sites is 1. The zero-order valence-electron chi connectivity index (χ0n) is 18.5. The number of thioether (sulfide) groups is 2. The minimum Gasteiger partial charge on any atom is -0.480 e. The number of thiocarbonyl (C=S) groups is 1. The Morgan fingerprint density at radius 2 is 1.91 bits per heavy atom. The molecule has 0 saturated carbocycles. The first-order valence-electron chi connectivity index (χ1n) is 10.8. The number of carboxylic acids is 1. The predicted octanol–water partition coefficient (Wildman–Crippen LogP) is 5.72. The lowest BCUT2D eigenvalue weighted by Gasteiger charge is -2.10. The second kappa shape index (κ2) is 11.0. The number of nitrogens with zero attached hydrogens (tertiary/aromatic N) is 3. The van der Waals surface area contributed by atoms with Crippen molar-refractivity contribution in [3.8, 4) is 16.9 Å². The maximum Gasteiger partial charge on any atom is 0.323 e. The van der Waals surface area contributed by atoms with Crippen molar-refractivity contribution in [3.05, 3.63) is 71.3 Å². The van der Waals surface area contributed by atoms with Gasteiger partial charge >= 0.3 is 5.97 Å². The molecule has 0 unspecified atom stereocenters. The fourth-order valence-electron chi connectivity index (χ4n) is 3.39. The van der Waals surface area contributed by atoms with E-state index >= 15 is 0 Å². The highest BCUT2D eigenvalue weighted by atomic mass is 32.2. The van der Waals surface area contributed by atoms with Crippen LogP contribution < -0.4 is 0 Å². The van der Waals surface area contributed by atoms with Gasteiger partial charge in [-0.15, -0.1) is 11.8 Å². The van der Waals surface area contributed by atoms with Crippen molar-refractivity contribution in [2.45, 2.75) is 24.7 Å². The summed E-state index contributed by atoms with van der Waals surface area (Å²) in [5, 5.41) is 13.9. The van der Waals surface area contributed by atoms with Crippen LogP contribution in [0, 0.1) is 0 Å². The molecule has 0 bridgehead atoms. The molecule has 1 aliphatic heterocycles. The molecule has 3 aromatic rings. The van der Waals surface area contributed by atoms with E-state index in [-0.39, 0.29) is 4.32 Å².